The average Bonchev–Trinajstić information content (AvgIpc) is 2.83. The van der Waals surface area contributed by atoms with Gasteiger partial charge in [-0.2, -0.15) is 0 Å². The van der Waals surface area contributed by atoms with Crippen molar-refractivity contribution >= 4 is 24.2 Å². The van der Waals surface area contributed by atoms with Gasteiger partial charge in [-0.05, 0) is 81.8 Å². The number of rotatable bonds is 10. The molecule has 2 unspecified atom stereocenters. The van der Waals surface area contributed by atoms with Gasteiger partial charge < -0.3 is 15.3 Å². The monoisotopic (exact) mass is 486 g/mol. The molecular weight excluding hydrogens is 448 g/mol. The molecule has 186 valence electrons. The SMILES string of the molecule is CN(CC1CCCN(CCCc2ccc3c(n2)NCCC3)C1)C(CC(=O)O)c1ccccc1.Cl. The molecule has 6 nitrogen and oxygen atoms in total. The van der Waals surface area contributed by atoms with Crippen LogP contribution in [0.3, 0.4) is 0 Å². The molecule has 2 aromatic rings. The Balaban J connectivity index is 0.00000324. The lowest BCUT2D eigenvalue weighted by Crippen LogP contribution is -2.41. The molecule has 1 saturated heterocycles. The molecule has 0 aliphatic carbocycles. The van der Waals surface area contributed by atoms with E-state index in [1.807, 2.05) is 30.3 Å². The number of benzene rings is 1. The fourth-order valence-electron chi connectivity index (χ4n) is 5.40. The predicted octanol–water partition coefficient (Wildman–Crippen LogP) is 4.65. The summed E-state index contributed by atoms with van der Waals surface area (Å²) in [6, 6.07) is 14.4. The molecule has 1 aromatic carbocycles. The number of carboxylic acid groups (broad SMARTS) is 1. The molecule has 0 saturated carbocycles. The van der Waals surface area contributed by atoms with Crippen molar-refractivity contribution in [3.8, 4) is 0 Å². The van der Waals surface area contributed by atoms with Crippen LogP contribution < -0.4 is 5.32 Å². The molecule has 2 N–H and O–H groups in total. The number of nitrogens with one attached hydrogen (secondary N) is 1. The first-order chi connectivity index (χ1) is 16.1. The van der Waals surface area contributed by atoms with Crippen LogP contribution in [0.25, 0.3) is 0 Å². The van der Waals surface area contributed by atoms with Crippen molar-refractivity contribution in [2.75, 3.05) is 45.1 Å². The molecular formula is C27H39ClN4O2. The smallest absolute Gasteiger partial charge is 0.305 e. The molecule has 4 rings (SSSR count). The van der Waals surface area contributed by atoms with E-state index >= 15 is 0 Å². The van der Waals surface area contributed by atoms with Crippen molar-refractivity contribution in [3.63, 3.8) is 0 Å². The standard InChI is InChI=1S/C27H38N4O2.ClH/c1-30(25(18-26(32)33)22-9-3-2-4-10-22)19-21-8-6-16-31(20-21)17-7-12-24-14-13-23-11-5-15-28-27(23)29-24;/h2-4,9-10,13-14,21,25H,5-8,11-12,15-20H2,1H3,(H,28,29)(H,32,33);1H. The number of aromatic nitrogens is 1. The topological polar surface area (TPSA) is 68.7 Å². The number of fused-ring (bicyclic) bond motifs is 1. The third kappa shape index (κ3) is 7.42. The molecule has 0 amide bonds. The summed E-state index contributed by atoms with van der Waals surface area (Å²) < 4.78 is 0. The van der Waals surface area contributed by atoms with Gasteiger partial charge in [-0.1, -0.05) is 36.4 Å². The van der Waals surface area contributed by atoms with Crippen LogP contribution in [0.5, 0.6) is 0 Å². The molecule has 0 spiro atoms. The van der Waals surface area contributed by atoms with Gasteiger partial charge in [0.05, 0.1) is 6.42 Å². The minimum absolute atomic E-state index is 0. The molecule has 3 heterocycles. The summed E-state index contributed by atoms with van der Waals surface area (Å²) in [4.78, 5) is 21.2. The summed E-state index contributed by atoms with van der Waals surface area (Å²) in [7, 11) is 2.08. The number of aliphatic carboxylic acids is 1. The van der Waals surface area contributed by atoms with Gasteiger partial charge in [-0.25, -0.2) is 4.98 Å². The molecule has 34 heavy (non-hydrogen) atoms. The van der Waals surface area contributed by atoms with E-state index in [9.17, 15) is 9.90 Å². The Hall–Kier alpha value is -2.15. The maximum Gasteiger partial charge on any atom is 0.305 e. The first kappa shape index (κ1) is 26.5. The van der Waals surface area contributed by atoms with Crippen LogP contribution >= 0.6 is 12.4 Å². The van der Waals surface area contributed by atoms with Crippen LogP contribution in [0.2, 0.25) is 0 Å². The zero-order valence-corrected chi connectivity index (χ0v) is 21.1. The number of likely N-dealkylation sites (tertiary alicyclic amines) is 1. The quantitative estimate of drug-likeness (QED) is 0.509. The largest absolute Gasteiger partial charge is 0.481 e. The van der Waals surface area contributed by atoms with Crippen molar-refractivity contribution in [1.82, 2.24) is 14.8 Å². The summed E-state index contributed by atoms with van der Waals surface area (Å²) in [6.07, 6.45) is 7.05. The minimum Gasteiger partial charge on any atom is -0.481 e. The minimum atomic E-state index is -0.744. The number of hydrogen-bond acceptors (Lipinski definition) is 5. The Morgan fingerprint density at radius 3 is 2.85 bits per heavy atom. The van der Waals surface area contributed by atoms with Crippen molar-refractivity contribution in [3.05, 3.63) is 59.3 Å². The number of halogens is 1. The van der Waals surface area contributed by atoms with Crippen LogP contribution in [0, 0.1) is 5.92 Å². The maximum atomic E-state index is 11.5. The molecule has 7 heteroatoms. The second-order valence-electron chi connectivity index (χ2n) is 9.72. The van der Waals surface area contributed by atoms with E-state index in [4.69, 9.17) is 4.98 Å². The van der Waals surface area contributed by atoms with Crippen LogP contribution in [0.15, 0.2) is 42.5 Å². The van der Waals surface area contributed by atoms with Gasteiger partial charge in [0, 0.05) is 31.4 Å². The highest BCUT2D eigenvalue weighted by atomic mass is 35.5. The molecule has 2 aliphatic heterocycles. The van der Waals surface area contributed by atoms with E-state index in [1.54, 1.807) is 0 Å². The highest BCUT2D eigenvalue weighted by Gasteiger charge is 2.26. The first-order valence-electron chi connectivity index (χ1n) is 12.5. The fraction of sp³-hybridized carbons (Fsp3) is 0.556. The lowest BCUT2D eigenvalue weighted by atomic mass is 9.95. The number of piperidine rings is 1. The molecule has 0 radical (unpaired) electrons. The number of carboxylic acids is 1. The van der Waals surface area contributed by atoms with Crippen molar-refractivity contribution in [2.24, 2.45) is 5.92 Å². The number of carbonyl (C=O) groups is 1. The van der Waals surface area contributed by atoms with E-state index in [0.717, 1.165) is 63.4 Å². The number of hydrogen-bond donors (Lipinski definition) is 2. The van der Waals surface area contributed by atoms with Gasteiger partial charge in [0.15, 0.2) is 0 Å². The van der Waals surface area contributed by atoms with Gasteiger partial charge in [0.25, 0.3) is 0 Å². The normalized spacial score (nSPS) is 19.1. The van der Waals surface area contributed by atoms with E-state index in [0.29, 0.717) is 5.92 Å². The summed E-state index contributed by atoms with van der Waals surface area (Å²) in [5.74, 6) is 0.927. The zero-order valence-electron chi connectivity index (χ0n) is 20.3. The Bertz CT molecular complexity index is 911. The lowest BCUT2D eigenvalue weighted by Gasteiger charge is -2.37. The van der Waals surface area contributed by atoms with Crippen LogP contribution in [0.4, 0.5) is 5.82 Å². The lowest BCUT2D eigenvalue weighted by molar-refractivity contribution is -0.138. The predicted molar refractivity (Wildman–Crippen MR) is 140 cm³/mol. The number of anilines is 1. The van der Waals surface area contributed by atoms with Crippen molar-refractivity contribution in [2.45, 2.75) is 51.0 Å². The fourth-order valence-corrected chi connectivity index (χ4v) is 5.40. The van der Waals surface area contributed by atoms with Gasteiger partial charge in [-0.15, -0.1) is 12.4 Å². The van der Waals surface area contributed by atoms with Crippen LogP contribution in [0.1, 0.15) is 55.0 Å². The number of nitrogens with zero attached hydrogens (tertiary/aromatic N) is 3. The molecule has 1 aromatic heterocycles. The Labute approximate surface area is 210 Å². The molecule has 2 atom stereocenters. The highest BCUT2D eigenvalue weighted by Crippen LogP contribution is 2.26. The van der Waals surface area contributed by atoms with Gasteiger partial charge >= 0.3 is 5.97 Å². The second-order valence-corrected chi connectivity index (χ2v) is 9.72. The highest BCUT2D eigenvalue weighted by molar-refractivity contribution is 5.85. The molecule has 2 aliphatic rings. The Morgan fingerprint density at radius 1 is 1.24 bits per heavy atom. The van der Waals surface area contributed by atoms with Crippen molar-refractivity contribution < 1.29 is 9.90 Å². The third-order valence-corrected chi connectivity index (χ3v) is 7.09. The summed E-state index contributed by atoms with van der Waals surface area (Å²) in [6.45, 7) is 5.32. The third-order valence-electron chi connectivity index (χ3n) is 7.09. The maximum absolute atomic E-state index is 11.5. The number of aryl methyl sites for hydroxylation is 2. The van der Waals surface area contributed by atoms with E-state index < -0.39 is 5.97 Å². The van der Waals surface area contributed by atoms with Crippen LogP contribution in [-0.2, 0) is 17.6 Å². The average molecular weight is 487 g/mol. The van der Waals surface area contributed by atoms with Crippen molar-refractivity contribution in [1.29, 1.82) is 0 Å². The molecule has 1 fully saturated rings. The Morgan fingerprint density at radius 2 is 2.06 bits per heavy atom. The second kappa shape index (κ2) is 13.1. The van der Waals surface area contributed by atoms with E-state index in [-0.39, 0.29) is 24.9 Å². The zero-order chi connectivity index (χ0) is 23.0. The van der Waals surface area contributed by atoms with Gasteiger partial charge in [-0.3, -0.25) is 9.69 Å². The first-order valence-corrected chi connectivity index (χ1v) is 12.5. The number of pyridine rings is 1. The van der Waals surface area contributed by atoms with E-state index in [1.165, 1.54) is 30.5 Å². The van der Waals surface area contributed by atoms with E-state index in [2.05, 4.69) is 34.3 Å². The molecule has 0 bridgehead atoms. The van der Waals surface area contributed by atoms with Gasteiger partial charge in [0.2, 0.25) is 0 Å². The van der Waals surface area contributed by atoms with Crippen LogP contribution in [-0.4, -0.2) is 65.6 Å². The van der Waals surface area contributed by atoms with Gasteiger partial charge in [0.1, 0.15) is 5.82 Å². The summed E-state index contributed by atoms with van der Waals surface area (Å²) >= 11 is 0. The summed E-state index contributed by atoms with van der Waals surface area (Å²) in [5, 5.41) is 12.9. The Kier molecular flexibility index (Phi) is 10.2. The summed E-state index contributed by atoms with van der Waals surface area (Å²) in [5.41, 5.74) is 3.63.